The first kappa shape index (κ1) is 25.5. The summed E-state index contributed by atoms with van der Waals surface area (Å²) >= 11 is 0. The highest BCUT2D eigenvalue weighted by Gasteiger charge is 2.34. The minimum Gasteiger partial charge on any atom is -0.378 e. The maximum Gasteiger partial charge on any atom is 0.0575 e. The lowest BCUT2D eigenvalue weighted by atomic mass is 9.65. The predicted octanol–water partition coefficient (Wildman–Crippen LogP) is 9.52. The van der Waals surface area contributed by atoms with E-state index >= 15 is 0 Å². The van der Waals surface area contributed by atoms with Crippen molar-refractivity contribution in [2.24, 2.45) is 41.4 Å². The molecule has 0 aromatic heterocycles. The van der Waals surface area contributed by atoms with Gasteiger partial charge in [0.25, 0.3) is 0 Å². The van der Waals surface area contributed by atoms with Gasteiger partial charge in [-0.2, -0.15) is 0 Å². The molecule has 4 aliphatic carbocycles. The molecule has 0 heterocycles. The van der Waals surface area contributed by atoms with Crippen LogP contribution in [-0.4, -0.2) is 12.7 Å². The molecule has 0 aromatic carbocycles. The van der Waals surface area contributed by atoms with Gasteiger partial charge in [0.05, 0.1) is 6.10 Å². The Morgan fingerprint density at radius 3 is 1.39 bits per heavy atom. The Morgan fingerprint density at radius 2 is 0.970 bits per heavy atom. The van der Waals surface area contributed by atoms with Crippen molar-refractivity contribution in [2.75, 3.05) is 6.61 Å². The van der Waals surface area contributed by atoms with Crippen molar-refractivity contribution in [3.05, 3.63) is 24.8 Å². The molecule has 4 fully saturated rings. The van der Waals surface area contributed by atoms with E-state index in [0.29, 0.717) is 6.10 Å². The van der Waals surface area contributed by atoms with Crippen molar-refractivity contribution in [3.8, 4) is 0 Å². The number of hydrogen-bond acceptors (Lipinski definition) is 1. The maximum atomic E-state index is 6.06. The second-order valence-electron chi connectivity index (χ2n) is 12.4. The maximum absolute atomic E-state index is 6.06. The third-order valence-corrected chi connectivity index (χ3v) is 10.3. The third kappa shape index (κ3) is 7.71. The van der Waals surface area contributed by atoms with E-state index in [0.717, 1.165) is 48.0 Å². The zero-order chi connectivity index (χ0) is 22.9. The van der Waals surface area contributed by atoms with Gasteiger partial charge < -0.3 is 4.74 Å². The van der Waals surface area contributed by atoms with Crippen LogP contribution in [0, 0.1) is 41.4 Å². The van der Waals surface area contributed by atoms with E-state index in [2.05, 4.69) is 31.7 Å². The standard InChI is InChI=1S/C32H54O/c1-3-5-24-33-32-22-12-27(13-23-32)7-6-26-10-16-29(17-11-26)31-20-18-30(19-21-31)28-14-8-25(4-2)9-15-28/h4,6-7,25-32H,2-3,5,8-24H2,1H3/b7-6+. The van der Waals surface area contributed by atoms with Crippen molar-refractivity contribution >= 4 is 0 Å². The molecule has 0 atom stereocenters. The normalized spacial score (nSPS) is 40.6. The second kappa shape index (κ2) is 13.5. The molecule has 188 valence electrons. The molecule has 0 N–H and O–H groups in total. The smallest absolute Gasteiger partial charge is 0.0575 e. The summed E-state index contributed by atoms with van der Waals surface area (Å²) in [4.78, 5) is 0. The fraction of sp³-hybridized carbons (Fsp3) is 0.875. The van der Waals surface area contributed by atoms with Crippen LogP contribution < -0.4 is 0 Å². The second-order valence-corrected chi connectivity index (χ2v) is 12.4. The summed E-state index contributed by atoms with van der Waals surface area (Å²) in [5, 5.41) is 0. The average Bonchev–Trinajstić information content (AvgIpc) is 2.89. The molecule has 0 bridgehead atoms. The number of hydrogen-bond donors (Lipinski definition) is 0. The Bertz CT molecular complexity index is 561. The van der Waals surface area contributed by atoms with Crippen LogP contribution in [0.4, 0.5) is 0 Å². The van der Waals surface area contributed by atoms with Crippen molar-refractivity contribution in [2.45, 2.75) is 129 Å². The minimum absolute atomic E-state index is 0.550. The van der Waals surface area contributed by atoms with Gasteiger partial charge in [-0.25, -0.2) is 0 Å². The predicted molar refractivity (Wildman–Crippen MR) is 142 cm³/mol. The highest BCUT2D eigenvalue weighted by atomic mass is 16.5. The topological polar surface area (TPSA) is 9.23 Å². The number of allylic oxidation sites excluding steroid dienone is 3. The third-order valence-electron chi connectivity index (χ3n) is 10.3. The lowest BCUT2D eigenvalue weighted by Crippen LogP contribution is -2.29. The van der Waals surface area contributed by atoms with Crippen molar-refractivity contribution < 1.29 is 4.74 Å². The molecule has 0 amide bonds. The summed E-state index contributed by atoms with van der Waals surface area (Å²) < 4.78 is 6.06. The van der Waals surface area contributed by atoms with Gasteiger partial charge in [-0.3, -0.25) is 0 Å². The summed E-state index contributed by atoms with van der Waals surface area (Å²) in [5.74, 6) is 6.71. The van der Waals surface area contributed by atoms with E-state index in [1.165, 1.54) is 89.9 Å². The average molecular weight is 455 g/mol. The summed E-state index contributed by atoms with van der Waals surface area (Å²) in [6.45, 7) is 7.25. The molecule has 0 spiro atoms. The van der Waals surface area contributed by atoms with Crippen LogP contribution in [0.1, 0.15) is 122 Å². The molecular weight excluding hydrogens is 400 g/mol. The molecule has 0 unspecified atom stereocenters. The number of unbranched alkanes of at least 4 members (excludes halogenated alkanes) is 1. The van der Waals surface area contributed by atoms with Crippen LogP contribution >= 0.6 is 0 Å². The fourth-order valence-corrected chi connectivity index (χ4v) is 7.91. The van der Waals surface area contributed by atoms with E-state index in [1.54, 1.807) is 25.7 Å². The van der Waals surface area contributed by atoms with E-state index in [-0.39, 0.29) is 0 Å². The molecule has 0 aromatic rings. The Hall–Kier alpha value is -0.560. The van der Waals surface area contributed by atoms with Crippen LogP contribution in [0.25, 0.3) is 0 Å². The van der Waals surface area contributed by atoms with Gasteiger partial charge >= 0.3 is 0 Å². The molecule has 0 radical (unpaired) electrons. The summed E-state index contributed by atoms with van der Waals surface area (Å²) in [6, 6.07) is 0. The molecule has 0 saturated heterocycles. The first-order valence-corrected chi connectivity index (χ1v) is 15.2. The van der Waals surface area contributed by atoms with Gasteiger partial charge in [-0.1, -0.05) is 31.6 Å². The Balaban J connectivity index is 1.10. The summed E-state index contributed by atoms with van der Waals surface area (Å²) in [6.07, 6.45) is 33.6. The Labute approximate surface area is 206 Å². The fourth-order valence-electron chi connectivity index (χ4n) is 7.91. The van der Waals surface area contributed by atoms with Crippen LogP contribution in [0.15, 0.2) is 24.8 Å². The Morgan fingerprint density at radius 1 is 0.576 bits per heavy atom. The summed E-state index contributed by atoms with van der Waals surface area (Å²) in [5.41, 5.74) is 0. The molecular formula is C32H54O. The van der Waals surface area contributed by atoms with Gasteiger partial charge in [-0.15, -0.1) is 6.58 Å². The monoisotopic (exact) mass is 454 g/mol. The zero-order valence-electron chi connectivity index (χ0n) is 21.9. The first-order valence-electron chi connectivity index (χ1n) is 15.2. The zero-order valence-corrected chi connectivity index (χ0v) is 21.9. The van der Waals surface area contributed by atoms with Gasteiger partial charge in [-0.05, 0) is 151 Å². The Kier molecular flexibility index (Phi) is 10.5. The van der Waals surface area contributed by atoms with E-state index in [9.17, 15) is 0 Å². The van der Waals surface area contributed by atoms with Gasteiger partial charge in [0, 0.05) is 6.61 Å². The van der Waals surface area contributed by atoms with E-state index < -0.39 is 0 Å². The van der Waals surface area contributed by atoms with Crippen molar-refractivity contribution in [1.29, 1.82) is 0 Å². The highest BCUT2D eigenvalue weighted by Crippen LogP contribution is 2.46. The van der Waals surface area contributed by atoms with Gasteiger partial charge in [0.2, 0.25) is 0 Å². The highest BCUT2D eigenvalue weighted by molar-refractivity contribution is 4.97. The van der Waals surface area contributed by atoms with Crippen LogP contribution in [0.3, 0.4) is 0 Å². The first-order chi connectivity index (χ1) is 16.2. The molecule has 4 aliphatic rings. The largest absolute Gasteiger partial charge is 0.378 e. The van der Waals surface area contributed by atoms with Gasteiger partial charge in [0.1, 0.15) is 0 Å². The molecule has 4 saturated carbocycles. The quantitative estimate of drug-likeness (QED) is 0.249. The summed E-state index contributed by atoms with van der Waals surface area (Å²) in [7, 11) is 0. The van der Waals surface area contributed by atoms with Gasteiger partial charge in [0.15, 0.2) is 0 Å². The van der Waals surface area contributed by atoms with Crippen molar-refractivity contribution in [3.63, 3.8) is 0 Å². The molecule has 1 nitrogen and oxygen atoms in total. The number of rotatable bonds is 9. The molecule has 1 heteroatoms. The lowest BCUT2D eigenvalue weighted by molar-refractivity contribution is 0.0208. The number of ether oxygens (including phenoxy) is 1. The van der Waals surface area contributed by atoms with E-state index in [4.69, 9.17) is 4.74 Å². The molecule has 0 aliphatic heterocycles. The molecule has 33 heavy (non-hydrogen) atoms. The van der Waals surface area contributed by atoms with Crippen molar-refractivity contribution in [1.82, 2.24) is 0 Å². The van der Waals surface area contributed by atoms with E-state index in [1.807, 2.05) is 0 Å². The minimum atomic E-state index is 0.550. The molecule has 4 rings (SSSR count). The van der Waals surface area contributed by atoms with Crippen LogP contribution in [-0.2, 0) is 4.74 Å². The van der Waals surface area contributed by atoms with Crippen LogP contribution in [0.5, 0.6) is 0 Å². The SMILES string of the molecule is C=CC1CCC(C2CCC(C3CCC(/C=C/C4CCC(OCCCC)CC4)CC3)CC2)CC1. The van der Waals surface area contributed by atoms with Crippen LogP contribution in [0.2, 0.25) is 0 Å². The lowest BCUT2D eigenvalue weighted by Gasteiger charge is -2.41.